The minimum atomic E-state index is 0.402. The van der Waals surface area contributed by atoms with Gasteiger partial charge < -0.3 is 5.73 Å². The lowest BCUT2D eigenvalue weighted by atomic mass is 9.89. The van der Waals surface area contributed by atoms with Crippen LogP contribution in [0.5, 0.6) is 0 Å². The Balaban J connectivity index is 2.51. The molecule has 2 nitrogen and oxygen atoms in total. The molecule has 3 unspecified atom stereocenters. The highest BCUT2D eigenvalue weighted by Crippen LogP contribution is 2.24. The second-order valence-corrected chi connectivity index (χ2v) is 5.61. The van der Waals surface area contributed by atoms with E-state index in [9.17, 15) is 0 Å². The zero-order chi connectivity index (χ0) is 11.3. The molecule has 0 radical (unpaired) electrons. The summed E-state index contributed by atoms with van der Waals surface area (Å²) < 4.78 is 0. The third-order valence-corrected chi connectivity index (χ3v) is 4.43. The SMILES string of the molecule is CCC(CSC)N(C)C1CCCCC1N. The second-order valence-electron chi connectivity index (χ2n) is 4.70. The third kappa shape index (κ3) is 3.65. The van der Waals surface area contributed by atoms with Crippen molar-refractivity contribution in [2.24, 2.45) is 5.73 Å². The van der Waals surface area contributed by atoms with Gasteiger partial charge in [-0.2, -0.15) is 11.8 Å². The van der Waals surface area contributed by atoms with Gasteiger partial charge in [-0.1, -0.05) is 19.8 Å². The third-order valence-electron chi connectivity index (χ3n) is 3.71. The van der Waals surface area contributed by atoms with E-state index in [0.717, 1.165) is 0 Å². The molecule has 0 aromatic rings. The maximum Gasteiger partial charge on any atom is 0.0247 e. The van der Waals surface area contributed by atoms with Gasteiger partial charge in [0.05, 0.1) is 0 Å². The first-order chi connectivity index (χ1) is 7.20. The van der Waals surface area contributed by atoms with E-state index >= 15 is 0 Å². The number of likely N-dealkylation sites (N-methyl/N-ethyl adjacent to an activating group) is 1. The van der Waals surface area contributed by atoms with Crippen LogP contribution in [0.1, 0.15) is 39.0 Å². The Morgan fingerprint density at radius 1 is 1.40 bits per heavy atom. The van der Waals surface area contributed by atoms with E-state index in [1.807, 2.05) is 11.8 Å². The van der Waals surface area contributed by atoms with E-state index in [2.05, 4.69) is 25.1 Å². The van der Waals surface area contributed by atoms with E-state index in [0.29, 0.717) is 18.1 Å². The lowest BCUT2D eigenvalue weighted by Gasteiger charge is -2.40. The smallest absolute Gasteiger partial charge is 0.0247 e. The van der Waals surface area contributed by atoms with Crippen molar-refractivity contribution in [2.75, 3.05) is 19.1 Å². The molecule has 1 rings (SSSR count). The lowest BCUT2D eigenvalue weighted by Crippen LogP contribution is -2.52. The van der Waals surface area contributed by atoms with Crippen molar-refractivity contribution in [1.29, 1.82) is 0 Å². The lowest BCUT2D eigenvalue weighted by molar-refractivity contribution is 0.128. The Morgan fingerprint density at radius 2 is 2.07 bits per heavy atom. The van der Waals surface area contributed by atoms with Crippen molar-refractivity contribution in [3.8, 4) is 0 Å². The largest absolute Gasteiger partial charge is 0.326 e. The molecule has 0 aromatic heterocycles. The average Bonchev–Trinajstić information content (AvgIpc) is 2.25. The van der Waals surface area contributed by atoms with Crippen LogP contribution in [0, 0.1) is 0 Å². The molecule has 0 aliphatic heterocycles. The predicted molar refractivity (Wildman–Crippen MR) is 70.5 cm³/mol. The Hall–Kier alpha value is 0.270. The van der Waals surface area contributed by atoms with Gasteiger partial charge >= 0.3 is 0 Å². The minimum absolute atomic E-state index is 0.402. The average molecular weight is 230 g/mol. The van der Waals surface area contributed by atoms with Crippen molar-refractivity contribution >= 4 is 11.8 Å². The Kier molecular flexibility index (Phi) is 6.02. The summed E-state index contributed by atoms with van der Waals surface area (Å²) in [5.41, 5.74) is 6.22. The Bertz CT molecular complexity index is 175. The van der Waals surface area contributed by atoms with Crippen LogP contribution in [0.3, 0.4) is 0 Å². The molecule has 15 heavy (non-hydrogen) atoms. The molecule has 2 N–H and O–H groups in total. The van der Waals surface area contributed by atoms with Gasteiger partial charge in [0.2, 0.25) is 0 Å². The maximum absolute atomic E-state index is 6.22. The van der Waals surface area contributed by atoms with Gasteiger partial charge in [-0.25, -0.2) is 0 Å². The van der Waals surface area contributed by atoms with Gasteiger partial charge in [0.15, 0.2) is 0 Å². The molecule has 1 saturated carbocycles. The number of hydrogen-bond acceptors (Lipinski definition) is 3. The van der Waals surface area contributed by atoms with E-state index < -0.39 is 0 Å². The van der Waals surface area contributed by atoms with Gasteiger partial charge in [0.1, 0.15) is 0 Å². The summed E-state index contributed by atoms with van der Waals surface area (Å²) in [4.78, 5) is 2.54. The number of hydrogen-bond donors (Lipinski definition) is 1. The van der Waals surface area contributed by atoms with Gasteiger partial charge in [0, 0.05) is 23.9 Å². The fourth-order valence-corrected chi connectivity index (χ4v) is 3.49. The van der Waals surface area contributed by atoms with Crippen LogP contribution in [0.2, 0.25) is 0 Å². The van der Waals surface area contributed by atoms with Crippen molar-refractivity contribution in [3.05, 3.63) is 0 Å². The summed E-state index contributed by atoms with van der Waals surface area (Å²) in [6.45, 7) is 2.28. The molecule has 0 spiro atoms. The molecular weight excluding hydrogens is 204 g/mol. The topological polar surface area (TPSA) is 29.3 Å². The summed E-state index contributed by atoms with van der Waals surface area (Å²) >= 11 is 1.95. The number of rotatable bonds is 5. The second kappa shape index (κ2) is 6.77. The fraction of sp³-hybridized carbons (Fsp3) is 1.00. The van der Waals surface area contributed by atoms with Crippen LogP contribution >= 0.6 is 11.8 Å². The Morgan fingerprint density at radius 3 is 2.60 bits per heavy atom. The van der Waals surface area contributed by atoms with Crippen LogP contribution in [0.4, 0.5) is 0 Å². The molecule has 0 saturated heterocycles. The molecule has 0 bridgehead atoms. The molecule has 3 atom stereocenters. The highest BCUT2D eigenvalue weighted by molar-refractivity contribution is 7.98. The van der Waals surface area contributed by atoms with E-state index in [1.54, 1.807) is 0 Å². The zero-order valence-corrected chi connectivity index (χ0v) is 11.2. The number of nitrogens with two attached hydrogens (primary N) is 1. The van der Waals surface area contributed by atoms with Crippen LogP contribution in [0.15, 0.2) is 0 Å². The van der Waals surface area contributed by atoms with E-state index in [4.69, 9.17) is 5.73 Å². The molecule has 0 amide bonds. The summed E-state index contributed by atoms with van der Waals surface area (Å²) in [6.07, 6.45) is 8.62. The molecule has 0 aromatic carbocycles. The fourth-order valence-electron chi connectivity index (χ4n) is 2.63. The quantitative estimate of drug-likeness (QED) is 0.786. The van der Waals surface area contributed by atoms with Crippen LogP contribution in [-0.2, 0) is 0 Å². The van der Waals surface area contributed by atoms with Crippen molar-refractivity contribution in [1.82, 2.24) is 4.90 Å². The van der Waals surface area contributed by atoms with Crippen LogP contribution in [-0.4, -0.2) is 42.1 Å². The Labute approximate surface area is 99.0 Å². The van der Waals surface area contributed by atoms with Crippen molar-refractivity contribution in [3.63, 3.8) is 0 Å². The first kappa shape index (κ1) is 13.3. The minimum Gasteiger partial charge on any atom is -0.326 e. The van der Waals surface area contributed by atoms with Crippen molar-refractivity contribution < 1.29 is 0 Å². The highest BCUT2D eigenvalue weighted by atomic mass is 32.2. The molecule has 1 aliphatic carbocycles. The summed E-state index contributed by atoms with van der Waals surface area (Å²) in [5.74, 6) is 1.23. The molecule has 3 heteroatoms. The summed E-state index contributed by atoms with van der Waals surface area (Å²) in [6, 6.07) is 1.73. The van der Waals surface area contributed by atoms with Gasteiger partial charge in [-0.15, -0.1) is 0 Å². The molecular formula is C12H26N2S. The van der Waals surface area contributed by atoms with E-state index in [1.165, 1.54) is 37.9 Å². The predicted octanol–water partition coefficient (Wildman–Crippen LogP) is 2.33. The van der Waals surface area contributed by atoms with Gasteiger partial charge in [-0.3, -0.25) is 4.90 Å². The van der Waals surface area contributed by atoms with Gasteiger partial charge in [-0.05, 0) is 32.6 Å². The number of thioether (sulfide) groups is 1. The first-order valence-electron chi connectivity index (χ1n) is 6.17. The highest BCUT2D eigenvalue weighted by Gasteiger charge is 2.28. The maximum atomic E-state index is 6.22. The van der Waals surface area contributed by atoms with Gasteiger partial charge in [0.25, 0.3) is 0 Å². The van der Waals surface area contributed by atoms with E-state index in [-0.39, 0.29) is 0 Å². The summed E-state index contributed by atoms with van der Waals surface area (Å²) in [5, 5.41) is 0. The molecule has 0 heterocycles. The van der Waals surface area contributed by atoms with Crippen LogP contribution in [0.25, 0.3) is 0 Å². The number of nitrogens with zero attached hydrogens (tertiary/aromatic N) is 1. The molecule has 1 aliphatic rings. The van der Waals surface area contributed by atoms with Crippen LogP contribution < -0.4 is 5.73 Å². The first-order valence-corrected chi connectivity index (χ1v) is 7.56. The normalized spacial score (nSPS) is 29.4. The monoisotopic (exact) mass is 230 g/mol. The zero-order valence-electron chi connectivity index (χ0n) is 10.4. The standard InChI is InChI=1S/C12H26N2S/c1-4-10(9-15-3)14(2)12-8-6-5-7-11(12)13/h10-12H,4-9,13H2,1-3H3. The molecule has 1 fully saturated rings. The summed E-state index contributed by atoms with van der Waals surface area (Å²) in [7, 11) is 2.26. The van der Waals surface area contributed by atoms with Crippen molar-refractivity contribution in [2.45, 2.75) is 57.2 Å². The molecule has 90 valence electrons.